The minimum atomic E-state index is -0.321. The summed E-state index contributed by atoms with van der Waals surface area (Å²) in [5.74, 6) is -0.0220. The van der Waals surface area contributed by atoms with E-state index in [0.29, 0.717) is 25.3 Å². The van der Waals surface area contributed by atoms with Gasteiger partial charge in [-0.1, -0.05) is 6.07 Å². The first kappa shape index (κ1) is 17.5. The number of likely N-dealkylation sites (tertiary alicyclic amines) is 1. The first-order valence-electron chi connectivity index (χ1n) is 8.05. The number of piperidine rings is 1. The number of carbonyl (C=O) groups excluding carboxylic acids is 1. The molecule has 23 heavy (non-hydrogen) atoms. The van der Waals surface area contributed by atoms with Crippen molar-refractivity contribution >= 4 is 11.7 Å². The van der Waals surface area contributed by atoms with E-state index in [9.17, 15) is 14.3 Å². The van der Waals surface area contributed by atoms with Gasteiger partial charge in [0.15, 0.2) is 0 Å². The van der Waals surface area contributed by atoms with Gasteiger partial charge in [-0.15, -0.1) is 0 Å². The van der Waals surface area contributed by atoms with Crippen LogP contribution >= 0.6 is 0 Å². The number of amides is 2. The predicted molar refractivity (Wildman–Crippen MR) is 88.9 cm³/mol. The normalized spacial score (nSPS) is 17.0. The second-order valence-electron chi connectivity index (χ2n) is 6.40. The summed E-state index contributed by atoms with van der Waals surface area (Å²) in [6, 6.07) is 4.85. The number of urea groups is 1. The number of aliphatic hydroxyl groups is 1. The van der Waals surface area contributed by atoms with Gasteiger partial charge in [-0.05, 0) is 43.4 Å². The molecule has 1 aliphatic rings. The standard InChI is InChI=1S/C17H26FN3O2/c1-12(22)14-6-8-21(9-7-14)17(23)19-11-13-4-5-16(20(2)3)15(18)10-13/h4-5,10,12,14,22H,6-9,11H2,1-3H3,(H,19,23). The molecule has 128 valence electrons. The largest absolute Gasteiger partial charge is 0.393 e. The number of nitrogens with one attached hydrogen (secondary N) is 1. The molecule has 2 N–H and O–H groups in total. The molecular formula is C17H26FN3O2. The van der Waals surface area contributed by atoms with Crippen LogP contribution in [0.3, 0.4) is 0 Å². The highest BCUT2D eigenvalue weighted by molar-refractivity contribution is 5.74. The molecule has 1 saturated heterocycles. The van der Waals surface area contributed by atoms with Crippen molar-refractivity contribution in [1.29, 1.82) is 0 Å². The highest BCUT2D eigenvalue weighted by atomic mass is 19.1. The third kappa shape index (κ3) is 4.58. The maximum atomic E-state index is 13.9. The lowest BCUT2D eigenvalue weighted by Gasteiger charge is -2.33. The van der Waals surface area contributed by atoms with Gasteiger partial charge in [0.2, 0.25) is 0 Å². The number of carbonyl (C=O) groups is 1. The van der Waals surface area contributed by atoms with E-state index >= 15 is 0 Å². The Balaban J connectivity index is 1.84. The fraction of sp³-hybridized carbons (Fsp3) is 0.588. The van der Waals surface area contributed by atoms with Gasteiger partial charge in [0.05, 0.1) is 11.8 Å². The van der Waals surface area contributed by atoms with Gasteiger partial charge in [0.25, 0.3) is 0 Å². The molecule has 1 aliphatic heterocycles. The Morgan fingerprint density at radius 3 is 2.61 bits per heavy atom. The molecule has 6 heteroatoms. The summed E-state index contributed by atoms with van der Waals surface area (Å²) in [6.07, 6.45) is 1.31. The number of hydrogen-bond acceptors (Lipinski definition) is 3. The van der Waals surface area contributed by atoms with Crippen LogP contribution in [0.2, 0.25) is 0 Å². The van der Waals surface area contributed by atoms with Gasteiger partial charge in [-0.25, -0.2) is 9.18 Å². The van der Waals surface area contributed by atoms with Crippen molar-refractivity contribution in [3.8, 4) is 0 Å². The minimum Gasteiger partial charge on any atom is -0.393 e. The van der Waals surface area contributed by atoms with E-state index in [4.69, 9.17) is 0 Å². The summed E-state index contributed by atoms with van der Waals surface area (Å²) in [4.78, 5) is 15.6. The molecule has 0 saturated carbocycles. The van der Waals surface area contributed by atoms with Crippen molar-refractivity contribution in [1.82, 2.24) is 10.2 Å². The molecule has 0 aromatic heterocycles. The first-order chi connectivity index (χ1) is 10.9. The molecule has 0 spiro atoms. The van der Waals surface area contributed by atoms with Crippen LogP contribution in [0.4, 0.5) is 14.9 Å². The minimum absolute atomic E-state index is 0.133. The average Bonchev–Trinajstić information content (AvgIpc) is 2.52. The first-order valence-corrected chi connectivity index (χ1v) is 8.05. The van der Waals surface area contributed by atoms with E-state index in [1.165, 1.54) is 6.07 Å². The highest BCUT2D eigenvalue weighted by Crippen LogP contribution is 2.21. The number of halogens is 1. The second kappa shape index (κ2) is 7.64. The number of aliphatic hydroxyl groups excluding tert-OH is 1. The molecule has 0 aliphatic carbocycles. The fourth-order valence-electron chi connectivity index (χ4n) is 2.90. The van der Waals surface area contributed by atoms with Crippen molar-refractivity contribution in [2.45, 2.75) is 32.4 Å². The summed E-state index contributed by atoms with van der Waals surface area (Å²) in [7, 11) is 3.58. The lowest BCUT2D eigenvalue weighted by atomic mass is 9.92. The molecule has 0 radical (unpaired) electrons. The van der Waals surface area contributed by atoms with E-state index in [-0.39, 0.29) is 23.9 Å². The summed E-state index contributed by atoms with van der Waals surface area (Å²) in [5, 5.41) is 12.4. The Kier molecular flexibility index (Phi) is 5.82. The van der Waals surface area contributed by atoms with E-state index in [0.717, 1.165) is 18.4 Å². The van der Waals surface area contributed by atoms with Gasteiger partial charge in [0, 0.05) is 33.7 Å². The summed E-state index contributed by atoms with van der Waals surface area (Å²) >= 11 is 0. The Hall–Kier alpha value is -1.82. The fourth-order valence-corrected chi connectivity index (χ4v) is 2.90. The number of anilines is 1. The molecule has 5 nitrogen and oxygen atoms in total. The summed E-state index contributed by atoms with van der Waals surface area (Å²) in [6.45, 7) is 3.40. The van der Waals surface area contributed by atoms with Crippen LogP contribution in [0.1, 0.15) is 25.3 Å². The van der Waals surface area contributed by atoms with Crippen molar-refractivity contribution < 1.29 is 14.3 Å². The molecule has 1 aromatic carbocycles. The Morgan fingerprint density at radius 2 is 2.09 bits per heavy atom. The molecule has 2 rings (SSSR count). The van der Waals surface area contributed by atoms with Crippen LogP contribution in [0.25, 0.3) is 0 Å². The third-order valence-electron chi connectivity index (χ3n) is 4.45. The highest BCUT2D eigenvalue weighted by Gasteiger charge is 2.25. The lowest BCUT2D eigenvalue weighted by Crippen LogP contribution is -2.45. The molecule has 1 heterocycles. The van der Waals surface area contributed by atoms with Gasteiger partial charge >= 0.3 is 6.03 Å². The Morgan fingerprint density at radius 1 is 1.43 bits per heavy atom. The number of benzene rings is 1. The quantitative estimate of drug-likeness (QED) is 0.893. The van der Waals surface area contributed by atoms with Crippen LogP contribution in [-0.4, -0.2) is 49.3 Å². The zero-order chi connectivity index (χ0) is 17.0. The zero-order valence-electron chi connectivity index (χ0n) is 14.1. The van der Waals surface area contributed by atoms with Gasteiger partial charge in [0.1, 0.15) is 5.82 Å². The van der Waals surface area contributed by atoms with Crippen LogP contribution < -0.4 is 10.2 Å². The van der Waals surface area contributed by atoms with Gasteiger partial charge < -0.3 is 20.2 Å². The van der Waals surface area contributed by atoms with Crippen molar-refractivity contribution in [3.63, 3.8) is 0 Å². The number of rotatable bonds is 4. The smallest absolute Gasteiger partial charge is 0.317 e. The third-order valence-corrected chi connectivity index (χ3v) is 4.45. The van der Waals surface area contributed by atoms with Crippen LogP contribution in [0, 0.1) is 11.7 Å². The Bertz CT molecular complexity index is 541. The lowest BCUT2D eigenvalue weighted by molar-refractivity contribution is 0.0798. The maximum absolute atomic E-state index is 13.9. The van der Waals surface area contributed by atoms with E-state index in [2.05, 4.69) is 5.32 Å². The average molecular weight is 323 g/mol. The van der Waals surface area contributed by atoms with Crippen molar-refractivity contribution in [2.24, 2.45) is 5.92 Å². The zero-order valence-corrected chi connectivity index (χ0v) is 14.1. The van der Waals surface area contributed by atoms with E-state index in [1.54, 1.807) is 36.9 Å². The molecule has 1 unspecified atom stereocenters. The van der Waals surface area contributed by atoms with Crippen molar-refractivity contribution in [3.05, 3.63) is 29.6 Å². The molecule has 1 fully saturated rings. The number of nitrogens with zero attached hydrogens (tertiary/aromatic N) is 2. The van der Waals surface area contributed by atoms with Gasteiger partial charge in [-0.3, -0.25) is 0 Å². The molecule has 0 bridgehead atoms. The monoisotopic (exact) mass is 323 g/mol. The van der Waals surface area contributed by atoms with E-state index in [1.807, 2.05) is 6.07 Å². The predicted octanol–water partition coefficient (Wildman–Crippen LogP) is 2.19. The summed E-state index contributed by atoms with van der Waals surface area (Å²) in [5.41, 5.74) is 1.26. The van der Waals surface area contributed by atoms with Crippen LogP contribution in [-0.2, 0) is 6.54 Å². The maximum Gasteiger partial charge on any atom is 0.317 e. The Labute approximate surface area is 137 Å². The van der Waals surface area contributed by atoms with Crippen LogP contribution in [0.15, 0.2) is 18.2 Å². The molecule has 2 amide bonds. The van der Waals surface area contributed by atoms with Crippen molar-refractivity contribution in [2.75, 3.05) is 32.1 Å². The summed E-state index contributed by atoms with van der Waals surface area (Å²) < 4.78 is 13.9. The number of hydrogen-bond donors (Lipinski definition) is 2. The van der Waals surface area contributed by atoms with Gasteiger partial charge in [-0.2, -0.15) is 0 Å². The SMILES string of the molecule is CC(O)C1CCN(C(=O)NCc2ccc(N(C)C)c(F)c2)CC1. The molecule has 1 atom stereocenters. The second-order valence-corrected chi connectivity index (χ2v) is 6.40. The van der Waals surface area contributed by atoms with E-state index < -0.39 is 0 Å². The topological polar surface area (TPSA) is 55.8 Å². The molecule has 1 aromatic rings. The van der Waals surface area contributed by atoms with Crippen LogP contribution in [0.5, 0.6) is 0 Å². The molecular weight excluding hydrogens is 297 g/mol.